The van der Waals surface area contributed by atoms with Crippen molar-refractivity contribution in [2.24, 2.45) is 5.92 Å². The summed E-state index contributed by atoms with van der Waals surface area (Å²) in [6.45, 7) is 3.43. The van der Waals surface area contributed by atoms with Gasteiger partial charge in [0.15, 0.2) is 0 Å². The first-order chi connectivity index (χ1) is 22.0. The molecule has 4 rings (SSSR count). The number of ether oxygens (including phenoxy) is 1. The molecule has 2 amide bonds. The number of methoxy groups -OCH3 is 1. The second kappa shape index (κ2) is 15.5. The second-order valence-corrected chi connectivity index (χ2v) is 13.0. The number of anilines is 1. The number of nitrogens with one attached hydrogen (secondary N) is 1. The molecule has 1 atom stereocenters. The van der Waals surface area contributed by atoms with Crippen LogP contribution >= 0.6 is 0 Å². The molecule has 8 nitrogen and oxygen atoms in total. The van der Waals surface area contributed by atoms with E-state index >= 15 is 0 Å². The molecule has 0 saturated heterocycles. The highest BCUT2D eigenvalue weighted by atomic mass is 32.2. The highest BCUT2D eigenvalue weighted by Crippen LogP contribution is 2.26. The fourth-order valence-electron chi connectivity index (χ4n) is 4.77. The topological polar surface area (TPSA) is 96.0 Å². The Kier molecular flexibility index (Phi) is 11.5. The number of amides is 2. The molecule has 1 N–H and O–H groups in total. The summed E-state index contributed by atoms with van der Waals surface area (Å²) in [6, 6.07) is 24.0. The Morgan fingerprint density at radius 3 is 1.96 bits per heavy atom. The first-order valence-corrected chi connectivity index (χ1v) is 16.2. The molecule has 0 aromatic heterocycles. The summed E-state index contributed by atoms with van der Waals surface area (Å²) in [7, 11) is -2.92. The van der Waals surface area contributed by atoms with Crippen LogP contribution < -0.4 is 14.4 Å². The summed E-state index contributed by atoms with van der Waals surface area (Å²) < 4.78 is 61.9. The molecule has 0 aliphatic heterocycles. The monoisotopic (exact) mass is 649 g/mol. The van der Waals surface area contributed by atoms with Crippen molar-refractivity contribution >= 4 is 27.5 Å². The molecule has 0 heterocycles. The highest BCUT2D eigenvalue weighted by molar-refractivity contribution is 7.92. The van der Waals surface area contributed by atoms with Crippen molar-refractivity contribution in [3.63, 3.8) is 0 Å². The van der Waals surface area contributed by atoms with Gasteiger partial charge >= 0.3 is 0 Å². The van der Waals surface area contributed by atoms with Gasteiger partial charge in [0.25, 0.3) is 10.0 Å². The molecule has 242 valence electrons. The van der Waals surface area contributed by atoms with Crippen molar-refractivity contribution in [1.29, 1.82) is 0 Å². The van der Waals surface area contributed by atoms with E-state index in [-0.39, 0.29) is 29.5 Å². The van der Waals surface area contributed by atoms with Gasteiger partial charge in [-0.1, -0.05) is 56.3 Å². The number of nitrogens with zero attached hydrogens (tertiary/aromatic N) is 2. The minimum absolute atomic E-state index is 0.0520. The lowest BCUT2D eigenvalue weighted by molar-refractivity contribution is -0.140. The molecular formula is C35H37F2N3O5S. The SMILES string of the molecule is COc1ccc(S(=O)(=O)N(CC(=O)N(Cc2ccc(F)cc2)[C@@H](Cc2ccccc2)C(=O)NCC(C)C)c2ccc(F)cc2)cc1. The second-order valence-electron chi connectivity index (χ2n) is 11.2. The zero-order valence-corrected chi connectivity index (χ0v) is 26.7. The molecular weight excluding hydrogens is 612 g/mol. The Morgan fingerprint density at radius 1 is 0.804 bits per heavy atom. The lowest BCUT2D eigenvalue weighted by Gasteiger charge is -2.34. The zero-order valence-electron chi connectivity index (χ0n) is 25.9. The van der Waals surface area contributed by atoms with Crippen LogP contribution in [0.2, 0.25) is 0 Å². The fourth-order valence-corrected chi connectivity index (χ4v) is 6.19. The van der Waals surface area contributed by atoms with Gasteiger partial charge in [-0.05, 0) is 77.7 Å². The number of rotatable bonds is 14. The summed E-state index contributed by atoms with van der Waals surface area (Å²) in [5.41, 5.74) is 1.37. The molecule has 0 spiro atoms. The third-order valence-electron chi connectivity index (χ3n) is 7.26. The van der Waals surface area contributed by atoms with E-state index in [9.17, 15) is 26.8 Å². The van der Waals surface area contributed by atoms with Gasteiger partial charge in [-0.25, -0.2) is 17.2 Å². The van der Waals surface area contributed by atoms with Gasteiger partial charge < -0.3 is 15.0 Å². The average Bonchev–Trinajstić information content (AvgIpc) is 3.05. The Bertz CT molecular complexity index is 1700. The van der Waals surface area contributed by atoms with Crippen molar-refractivity contribution in [3.8, 4) is 5.75 Å². The molecule has 0 bridgehead atoms. The fraction of sp³-hybridized carbons (Fsp3) is 0.257. The van der Waals surface area contributed by atoms with Gasteiger partial charge in [0, 0.05) is 19.5 Å². The summed E-state index contributed by atoms with van der Waals surface area (Å²) in [4.78, 5) is 29.3. The molecule has 46 heavy (non-hydrogen) atoms. The quantitative estimate of drug-likeness (QED) is 0.193. The predicted molar refractivity (Wildman–Crippen MR) is 173 cm³/mol. The third-order valence-corrected chi connectivity index (χ3v) is 9.05. The summed E-state index contributed by atoms with van der Waals surface area (Å²) in [6.07, 6.45) is 0.138. The number of benzene rings is 4. The minimum atomic E-state index is -4.37. The van der Waals surface area contributed by atoms with E-state index in [1.54, 1.807) is 0 Å². The van der Waals surface area contributed by atoms with Gasteiger partial charge in [0.2, 0.25) is 11.8 Å². The largest absolute Gasteiger partial charge is 0.497 e. The molecule has 0 radical (unpaired) electrons. The molecule has 0 aliphatic rings. The number of carbonyl (C=O) groups is 2. The number of hydrogen-bond donors (Lipinski definition) is 1. The maximum absolute atomic E-state index is 14.4. The van der Waals surface area contributed by atoms with Gasteiger partial charge in [-0.3, -0.25) is 13.9 Å². The predicted octanol–water partition coefficient (Wildman–Crippen LogP) is 5.58. The van der Waals surface area contributed by atoms with Crippen LogP contribution in [-0.2, 0) is 32.6 Å². The summed E-state index contributed by atoms with van der Waals surface area (Å²) >= 11 is 0. The first-order valence-electron chi connectivity index (χ1n) is 14.8. The van der Waals surface area contributed by atoms with Crippen molar-refractivity contribution in [2.45, 2.75) is 37.8 Å². The van der Waals surface area contributed by atoms with Crippen molar-refractivity contribution in [1.82, 2.24) is 10.2 Å². The zero-order chi connectivity index (χ0) is 33.3. The molecule has 0 unspecified atom stereocenters. The van der Waals surface area contributed by atoms with Gasteiger partial charge in [-0.15, -0.1) is 0 Å². The molecule has 11 heteroatoms. The average molecular weight is 650 g/mol. The van der Waals surface area contributed by atoms with E-state index in [2.05, 4.69) is 5.32 Å². The minimum Gasteiger partial charge on any atom is -0.497 e. The van der Waals surface area contributed by atoms with Crippen LogP contribution in [0.5, 0.6) is 5.75 Å². The van der Waals surface area contributed by atoms with Crippen LogP contribution in [0.4, 0.5) is 14.5 Å². The van der Waals surface area contributed by atoms with Gasteiger partial charge in [0.05, 0.1) is 17.7 Å². The van der Waals surface area contributed by atoms with E-state index in [4.69, 9.17) is 4.74 Å². The van der Waals surface area contributed by atoms with Crippen LogP contribution in [-0.4, -0.2) is 51.4 Å². The highest BCUT2D eigenvalue weighted by Gasteiger charge is 2.34. The number of hydrogen-bond acceptors (Lipinski definition) is 5. The lowest BCUT2D eigenvalue weighted by atomic mass is 10.0. The Labute approximate surface area is 268 Å². The Hall–Kier alpha value is -4.77. The van der Waals surface area contributed by atoms with E-state index < -0.39 is 46.1 Å². The van der Waals surface area contributed by atoms with E-state index in [0.29, 0.717) is 17.9 Å². The molecule has 0 fully saturated rings. The van der Waals surface area contributed by atoms with Crippen molar-refractivity contribution < 1.29 is 31.5 Å². The third kappa shape index (κ3) is 8.91. The Morgan fingerprint density at radius 2 is 1.39 bits per heavy atom. The van der Waals surface area contributed by atoms with Crippen molar-refractivity contribution in [2.75, 3.05) is 24.5 Å². The molecule has 4 aromatic carbocycles. The summed E-state index contributed by atoms with van der Waals surface area (Å²) in [5, 5.41) is 2.91. The van der Waals surface area contributed by atoms with Gasteiger partial charge in [0.1, 0.15) is 30.0 Å². The first kappa shape index (κ1) is 34.1. The van der Waals surface area contributed by atoms with Crippen LogP contribution in [0.15, 0.2) is 108 Å². The van der Waals surface area contributed by atoms with E-state index in [0.717, 1.165) is 22.0 Å². The number of sulfonamides is 1. The van der Waals surface area contributed by atoms with Crippen molar-refractivity contribution in [3.05, 3.63) is 126 Å². The van der Waals surface area contributed by atoms with Crippen LogP contribution in [0, 0.1) is 17.6 Å². The number of halogens is 2. The maximum atomic E-state index is 14.4. The molecule has 4 aromatic rings. The smallest absolute Gasteiger partial charge is 0.264 e. The van der Waals surface area contributed by atoms with E-state index in [1.165, 1.54) is 72.7 Å². The lowest BCUT2D eigenvalue weighted by Crippen LogP contribution is -2.53. The van der Waals surface area contributed by atoms with Gasteiger partial charge in [-0.2, -0.15) is 0 Å². The van der Waals surface area contributed by atoms with E-state index in [1.807, 2.05) is 44.2 Å². The molecule has 0 aliphatic carbocycles. The normalized spacial score (nSPS) is 12.0. The summed E-state index contributed by atoms with van der Waals surface area (Å²) in [5.74, 6) is -1.59. The standard InChI is InChI=1S/C35H37F2N3O5S/c1-25(2)22-38-35(42)33(21-26-7-5-4-6-8-26)39(23-27-9-11-28(36)12-10-27)34(41)24-40(30-15-13-29(37)14-16-30)46(43,44)32-19-17-31(45-3)18-20-32/h4-20,25,33H,21-24H2,1-3H3,(H,38,42)/t33-/m0/s1. The Balaban J connectivity index is 1.79. The van der Waals surface area contributed by atoms with Crippen LogP contribution in [0.25, 0.3) is 0 Å². The van der Waals surface area contributed by atoms with Crippen LogP contribution in [0.1, 0.15) is 25.0 Å². The maximum Gasteiger partial charge on any atom is 0.264 e. The number of carbonyl (C=O) groups excluding carboxylic acids is 2. The molecule has 0 saturated carbocycles. The van der Waals surface area contributed by atoms with Crippen LogP contribution in [0.3, 0.4) is 0 Å².